The minimum absolute atomic E-state index is 0.148. The van der Waals surface area contributed by atoms with Crippen molar-refractivity contribution in [2.45, 2.75) is 13.8 Å². The third-order valence-corrected chi connectivity index (χ3v) is 4.54. The second kappa shape index (κ2) is 7.99. The van der Waals surface area contributed by atoms with Gasteiger partial charge in [0.1, 0.15) is 0 Å². The molecule has 0 spiro atoms. The highest BCUT2D eigenvalue weighted by Crippen LogP contribution is 2.13. The molecule has 1 aliphatic heterocycles. The molecule has 1 aliphatic rings. The number of rotatable bonds is 5. The fraction of sp³-hybridized carbons (Fsp3) is 0.444. The molecule has 0 unspecified atom stereocenters. The Hall–Kier alpha value is -2.90. The van der Waals surface area contributed by atoms with Crippen LogP contribution in [-0.2, 0) is 0 Å². The van der Waals surface area contributed by atoms with Crippen molar-refractivity contribution in [3.05, 3.63) is 42.0 Å². The molecule has 0 aliphatic carbocycles. The third kappa shape index (κ3) is 3.68. The minimum atomic E-state index is -0.159. The minimum Gasteiger partial charge on any atom is -0.459 e. The zero-order valence-corrected chi connectivity index (χ0v) is 15.1. The Labute approximate surface area is 152 Å². The first-order chi connectivity index (χ1) is 12.6. The van der Waals surface area contributed by atoms with Crippen molar-refractivity contribution in [1.29, 1.82) is 0 Å². The molecule has 138 valence electrons. The number of aromatic nitrogens is 2. The number of piperazine rings is 1. The van der Waals surface area contributed by atoms with Crippen LogP contribution in [0.3, 0.4) is 0 Å². The van der Waals surface area contributed by atoms with Crippen LogP contribution < -0.4 is 4.90 Å². The molecule has 0 atom stereocenters. The van der Waals surface area contributed by atoms with Gasteiger partial charge in [0, 0.05) is 39.3 Å². The van der Waals surface area contributed by atoms with Crippen LogP contribution in [0.15, 0.2) is 34.9 Å². The maximum atomic E-state index is 12.6. The van der Waals surface area contributed by atoms with Gasteiger partial charge in [0.25, 0.3) is 11.8 Å². The standard InChI is InChI=1S/C18H23N5O3/c1-3-21(4-2)16-8-7-14(19-20-16)17(24)22-9-11-23(12-10-22)18(25)15-6-5-13-26-15/h5-8,13H,3-4,9-12H2,1-2H3. The molecule has 8 heteroatoms. The van der Waals surface area contributed by atoms with Crippen LogP contribution in [0.2, 0.25) is 0 Å². The predicted molar refractivity (Wildman–Crippen MR) is 96.1 cm³/mol. The van der Waals surface area contributed by atoms with Gasteiger partial charge in [-0.05, 0) is 38.1 Å². The van der Waals surface area contributed by atoms with E-state index in [4.69, 9.17) is 4.42 Å². The Morgan fingerprint density at radius 2 is 1.65 bits per heavy atom. The number of furan rings is 1. The summed E-state index contributed by atoms with van der Waals surface area (Å²) in [5, 5.41) is 8.25. The highest BCUT2D eigenvalue weighted by molar-refractivity contribution is 5.93. The molecule has 2 aromatic rings. The quantitative estimate of drug-likeness (QED) is 0.807. The zero-order chi connectivity index (χ0) is 18.5. The van der Waals surface area contributed by atoms with Crippen molar-refractivity contribution in [1.82, 2.24) is 20.0 Å². The number of amides is 2. The monoisotopic (exact) mass is 357 g/mol. The van der Waals surface area contributed by atoms with Gasteiger partial charge in [-0.25, -0.2) is 0 Å². The molecule has 1 saturated heterocycles. The smallest absolute Gasteiger partial charge is 0.289 e. The lowest BCUT2D eigenvalue weighted by atomic mass is 10.2. The van der Waals surface area contributed by atoms with Crippen LogP contribution in [0.25, 0.3) is 0 Å². The lowest BCUT2D eigenvalue weighted by Gasteiger charge is -2.34. The number of hydrogen-bond acceptors (Lipinski definition) is 6. The maximum absolute atomic E-state index is 12.6. The largest absolute Gasteiger partial charge is 0.459 e. The van der Waals surface area contributed by atoms with E-state index in [1.54, 1.807) is 28.0 Å². The van der Waals surface area contributed by atoms with E-state index in [9.17, 15) is 9.59 Å². The average Bonchev–Trinajstić information content (AvgIpc) is 3.23. The molecule has 26 heavy (non-hydrogen) atoms. The first-order valence-electron chi connectivity index (χ1n) is 8.84. The second-order valence-electron chi connectivity index (χ2n) is 6.01. The molecule has 1 fully saturated rings. The first-order valence-corrected chi connectivity index (χ1v) is 8.84. The van der Waals surface area contributed by atoms with E-state index in [1.165, 1.54) is 6.26 Å². The molecular weight excluding hydrogens is 334 g/mol. The summed E-state index contributed by atoms with van der Waals surface area (Å²) in [7, 11) is 0. The molecule has 0 N–H and O–H groups in total. The van der Waals surface area contributed by atoms with Gasteiger partial charge in [0.2, 0.25) is 0 Å². The summed E-state index contributed by atoms with van der Waals surface area (Å²) in [5.41, 5.74) is 0.326. The van der Waals surface area contributed by atoms with Crippen LogP contribution in [-0.4, -0.2) is 71.1 Å². The van der Waals surface area contributed by atoms with E-state index in [-0.39, 0.29) is 11.8 Å². The molecular formula is C18H23N5O3. The van der Waals surface area contributed by atoms with E-state index in [2.05, 4.69) is 15.1 Å². The Kier molecular flexibility index (Phi) is 5.50. The summed E-state index contributed by atoms with van der Waals surface area (Å²) in [4.78, 5) is 30.3. The Balaban J connectivity index is 1.59. The molecule has 0 aromatic carbocycles. The lowest BCUT2D eigenvalue weighted by Crippen LogP contribution is -2.50. The molecule has 0 saturated carbocycles. The summed E-state index contributed by atoms with van der Waals surface area (Å²) in [6, 6.07) is 6.87. The number of anilines is 1. The molecule has 0 bridgehead atoms. The van der Waals surface area contributed by atoms with E-state index in [0.29, 0.717) is 37.6 Å². The van der Waals surface area contributed by atoms with Gasteiger partial charge >= 0.3 is 0 Å². The van der Waals surface area contributed by atoms with Gasteiger partial charge < -0.3 is 19.1 Å². The summed E-state index contributed by atoms with van der Waals surface area (Å²) in [6.45, 7) is 7.64. The highest BCUT2D eigenvalue weighted by atomic mass is 16.3. The topological polar surface area (TPSA) is 82.8 Å². The number of hydrogen-bond donors (Lipinski definition) is 0. The van der Waals surface area contributed by atoms with E-state index >= 15 is 0 Å². The van der Waals surface area contributed by atoms with E-state index in [1.807, 2.05) is 19.9 Å². The molecule has 0 radical (unpaired) electrons. The maximum Gasteiger partial charge on any atom is 0.289 e. The third-order valence-electron chi connectivity index (χ3n) is 4.54. The molecule has 3 rings (SSSR count). The summed E-state index contributed by atoms with van der Waals surface area (Å²) < 4.78 is 5.15. The van der Waals surface area contributed by atoms with Gasteiger partial charge in [0.15, 0.2) is 17.3 Å². The van der Waals surface area contributed by atoms with Crippen molar-refractivity contribution in [2.24, 2.45) is 0 Å². The number of carbonyl (C=O) groups excluding carboxylic acids is 2. The van der Waals surface area contributed by atoms with E-state index < -0.39 is 0 Å². The van der Waals surface area contributed by atoms with Gasteiger partial charge in [-0.1, -0.05) is 0 Å². The van der Waals surface area contributed by atoms with Gasteiger partial charge in [-0.2, -0.15) is 0 Å². The van der Waals surface area contributed by atoms with Gasteiger partial charge in [0.05, 0.1) is 6.26 Å². The molecule has 8 nitrogen and oxygen atoms in total. The fourth-order valence-corrected chi connectivity index (χ4v) is 2.99. The average molecular weight is 357 g/mol. The van der Waals surface area contributed by atoms with Crippen molar-refractivity contribution >= 4 is 17.6 Å². The molecule has 2 amide bonds. The second-order valence-corrected chi connectivity index (χ2v) is 6.01. The fourth-order valence-electron chi connectivity index (χ4n) is 2.99. The van der Waals surface area contributed by atoms with Crippen LogP contribution in [0.5, 0.6) is 0 Å². The lowest BCUT2D eigenvalue weighted by molar-refractivity contribution is 0.0514. The van der Waals surface area contributed by atoms with Crippen LogP contribution in [0, 0.1) is 0 Å². The predicted octanol–water partition coefficient (Wildman–Crippen LogP) is 1.51. The van der Waals surface area contributed by atoms with Gasteiger partial charge in [-0.15, -0.1) is 10.2 Å². The zero-order valence-electron chi connectivity index (χ0n) is 15.1. The summed E-state index contributed by atoms with van der Waals surface area (Å²) in [5.74, 6) is 0.780. The highest BCUT2D eigenvalue weighted by Gasteiger charge is 2.27. The molecule has 2 aromatic heterocycles. The van der Waals surface area contributed by atoms with Crippen LogP contribution >= 0.6 is 0 Å². The normalized spacial score (nSPS) is 14.4. The van der Waals surface area contributed by atoms with Crippen molar-refractivity contribution in [2.75, 3.05) is 44.2 Å². The number of nitrogens with zero attached hydrogens (tertiary/aromatic N) is 5. The van der Waals surface area contributed by atoms with Crippen molar-refractivity contribution in [3.8, 4) is 0 Å². The van der Waals surface area contributed by atoms with Crippen molar-refractivity contribution < 1.29 is 14.0 Å². The summed E-state index contributed by atoms with van der Waals surface area (Å²) >= 11 is 0. The van der Waals surface area contributed by atoms with Crippen LogP contribution in [0.1, 0.15) is 34.9 Å². The van der Waals surface area contributed by atoms with Crippen molar-refractivity contribution in [3.63, 3.8) is 0 Å². The summed E-state index contributed by atoms with van der Waals surface area (Å²) in [6.07, 6.45) is 1.48. The Bertz CT molecular complexity index is 733. The van der Waals surface area contributed by atoms with Gasteiger partial charge in [-0.3, -0.25) is 9.59 Å². The Morgan fingerprint density at radius 1 is 1.00 bits per heavy atom. The Morgan fingerprint density at radius 3 is 2.15 bits per heavy atom. The molecule has 3 heterocycles. The van der Waals surface area contributed by atoms with Crippen LogP contribution in [0.4, 0.5) is 5.82 Å². The SMILES string of the molecule is CCN(CC)c1ccc(C(=O)N2CCN(C(=O)c3ccco3)CC2)nn1. The van der Waals surface area contributed by atoms with E-state index in [0.717, 1.165) is 18.9 Å². The first kappa shape index (κ1) is 17.9. The number of carbonyl (C=O) groups is 2.